The summed E-state index contributed by atoms with van der Waals surface area (Å²) in [7, 11) is -2.17. The van der Waals surface area contributed by atoms with Gasteiger partial charge in [0.1, 0.15) is 5.75 Å². The predicted molar refractivity (Wildman–Crippen MR) is 171 cm³/mol. The van der Waals surface area contributed by atoms with Crippen LogP contribution in [0.2, 0.25) is 10.0 Å². The number of fused-ring (bicyclic) bond motifs is 4. The molecule has 2 aliphatic heterocycles. The Morgan fingerprint density at radius 1 is 1.16 bits per heavy atom. The van der Waals surface area contributed by atoms with Gasteiger partial charge in [0.2, 0.25) is 10.0 Å². The van der Waals surface area contributed by atoms with Gasteiger partial charge in [-0.1, -0.05) is 48.3 Å². The molecule has 2 heterocycles. The van der Waals surface area contributed by atoms with Crippen LogP contribution in [0, 0.1) is 11.8 Å². The SMILES string of the molecule is CC[C@@H]1CC/C=C/[C@H](OC)[C@@H]2CC[C@H]2CN2C[C@@]3(CCCc4cc(Cl)ccc43)COc3cc(Cl)c(cc32)C(=O)NS1(=O)=O. The maximum atomic E-state index is 13.5. The van der Waals surface area contributed by atoms with Gasteiger partial charge in [0, 0.05) is 36.7 Å². The lowest BCUT2D eigenvalue weighted by Gasteiger charge is -2.46. The van der Waals surface area contributed by atoms with Gasteiger partial charge in [0.25, 0.3) is 5.91 Å². The minimum atomic E-state index is -3.92. The summed E-state index contributed by atoms with van der Waals surface area (Å²) in [5, 5.41) is 0.194. The molecule has 6 rings (SSSR count). The maximum absolute atomic E-state index is 13.5. The Kier molecular flexibility index (Phi) is 8.77. The Labute approximate surface area is 265 Å². The Hall–Kier alpha value is -2.26. The number of nitrogens with zero attached hydrogens (tertiary/aromatic N) is 1. The van der Waals surface area contributed by atoms with Crippen LogP contribution >= 0.6 is 23.2 Å². The lowest BCUT2D eigenvalue weighted by Crippen LogP contribution is -2.49. The van der Waals surface area contributed by atoms with Gasteiger partial charge in [-0.25, -0.2) is 13.1 Å². The highest BCUT2D eigenvalue weighted by atomic mass is 35.5. The summed E-state index contributed by atoms with van der Waals surface area (Å²) < 4.78 is 41.4. The number of halogens is 2. The molecule has 0 unspecified atom stereocenters. The molecular weight excluding hydrogens is 607 g/mol. The normalized spacial score (nSPS) is 31.1. The number of methoxy groups -OCH3 is 1. The average Bonchev–Trinajstić information content (AvgIpc) is 3.10. The molecular formula is C33H40Cl2N2O5S. The monoisotopic (exact) mass is 646 g/mol. The van der Waals surface area contributed by atoms with Gasteiger partial charge in [-0.15, -0.1) is 0 Å². The van der Waals surface area contributed by atoms with Crippen LogP contribution < -0.4 is 14.4 Å². The minimum absolute atomic E-state index is 0.0435. The van der Waals surface area contributed by atoms with E-state index in [0.29, 0.717) is 50.0 Å². The van der Waals surface area contributed by atoms with Crippen LogP contribution in [0.3, 0.4) is 0 Å². The number of amides is 1. The Balaban J connectivity index is 1.45. The summed E-state index contributed by atoms with van der Waals surface area (Å²) in [5.41, 5.74) is 3.13. The predicted octanol–water partition coefficient (Wildman–Crippen LogP) is 6.70. The number of hydrogen-bond acceptors (Lipinski definition) is 6. The van der Waals surface area contributed by atoms with Crippen LogP contribution in [0.1, 0.15) is 73.4 Å². The zero-order valence-corrected chi connectivity index (χ0v) is 27.1. The van der Waals surface area contributed by atoms with E-state index in [1.807, 2.05) is 19.1 Å². The molecule has 5 atom stereocenters. The zero-order valence-electron chi connectivity index (χ0n) is 24.8. The molecule has 7 nitrogen and oxygen atoms in total. The molecule has 10 heteroatoms. The lowest BCUT2D eigenvalue weighted by molar-refractivity contribution is 0.0132. The highest BCUT2D eigenvalue weighted by molar-refractivity contribution is 7.90. The van der Waals surface area contributed by atoms with E-state index in [9.17, 15) is 13.2 Å². The minimum Gasteiger partial charge on any atom is -0.490 e. The van der Waals surface area contributed by atoms with E-state index in [2.05, 4.69) is 27.8 Å². The van der Waals surface area contributed by atoms with Gasteiger partial charge in [0.05, 0.1) is 34.2 Å². The summed E-state index contributed by atoms with van der Waals surface area (Å²) >= 11 is 13.1. The van der Waals surface area contributed by atoms with Crippen molar-refractivity contribution in [1.29, 1.82) is 0 Å². The van der Waals surface area contributed by atoms with Crippen molar-refractivity contribution in [2.75, 3.05) is 31.7 Å². The molecule has 43 heavy (non-hydrogen) atoms. The van der Waals surface area contributed by atoms with Gasteiger partial charge >= 0.3 is 0 Å². The van der Waals surface area contributed by atoms with Crippen molar-refractivity contribution in [2.45, 2.75) is 75.1 Å². The number of benzene rings is 2. The first-order valence-electron chi connectivity index (χ1n) is 15.4. The smallest absolute Gasteiger partial charge is 0.266 e. The molecule has 0 saturated heterocycles. The standard InChI is InChI=1S/C33H40Cl2N2O5S/c1-3-24-8-4-5-9-30(41-2)25-12-10-22(25)18-37-19-33(14-6-7-21-15-23(34)11-13-27(21)33)20-42-31-17-28(35)26(16-29(31)37)32(38)36-43(24,39)40/h5,9,11,13,15-17,22,24-25,30H,3-4,6-8,10,12,14,18-20H2,1-2H3,(H,36,38)/b9-5+/t22-,24+,25+,30-,33-/m0/s1. The van der Waals surface area contributed by atoms with Gasteiger partial charge in [-0.05, 0) is 92.5 Å². The number of sulfonamides is 1. The summed E-state index contributed by atoms with van der Waals surface area (Å²) in [4.78, 5) is 15.9. The van der Waals surface area contributed by atoms with E-state index in [0.717, 1.165) is 49.4 Å². The Bertz CT molecular complexity index is 1530. The molecule has 0 aromatic heterocycles. The molecule has 1 saturated carbocycles. The average molecular weight is 648 g/mol. The number of rotatable bonds is 2. The van der Waals surface area contributed by atoms with E-state index in [4.69, 9.17) is 32.7 Å². The second-order valence-electron chi connectivity index (χ2n) is 12.6. The first-order valence-corrected chi connectivity index (χ1v) is 17.7. The van der Waals surface area contributed by atoms with Crippen molar-refractivity contribution in [3.05, 3.63) is 69.2 Å². The number of ether oxygens (including phenoxy) is 2. The van der Waals surface area contributed by atoms with Crippen molar-refractivity contribution in [3.63, 3.8) is 0 Å². The number of anilines is 1. The zero-order chi connectivity index (χ0) is 30.4. The first kappa shape index (κ1) is 30.8. The second kappa shape index (κ2) is 12.3. The summed E-state index contributed by atoms with van der Waals surface area (Å²) in [5.74, 6) is 0.617. The van der Waals surface area contributed by atoms with Crippen LogP contribution in [-0.2, 0) is 26.6 Å². The molecule has 1 fully saturated rings. The molecule has 2 aromatic carbocycles. The van der Waals surface area contributed by atoms with Crippen LogP contribution in [0.15, 0.2) is 42.5 Å². The third-order valence-corrected chi connectivity index (χ3v) is 12.6. The molecule has 1 spiro atoms. The fraction of sp³-hybridized carbons (Fsp3) is 0.545. The number of nitrogens with one attached hydrogen (secondary N) is 1. The third-order valence-electron chi connectivity index (χ3n) is 10.1. The highest BCUT2D eigenvalue weighted by Gasteiger charge is 2.44. The van der Waals surface area contributed by atoms with Gasteiger partial charge < -0.3 is 14.4 Å². The van der Waals surface area contributed by atoms with Crippen molar-refractivity contribution in [2.24, 2.45) is 11.8 Å². The van der Waals surface area contributed by atoms with E-state index < -0.39 is 21.2 Å². The summed E-state index contributed by atoms with van der Waals surface area (Å²) in [6.07, 6.45) is 10.6. The first-order chi connectivity index (χ1) is 20.6. The van der Waals surface area contributed by atoms with Gasteiger partial charge in [-0.3, -0.25) is 4.79 Å². The molecule has 232 valence electrons. The molecule has 4 aliphatic rings. The fourth-order valence-corrected chi connectivity index (χ4v) is 9.45. The highest BCUT2D eigenvalue weighted by Crippen LogP contribution is 2.47. The van der Waals surface area contributed by atoms with Crippen molar-refractivity contribution in [1.82, 2.24) is 4.72 Å². The van der Waals surface area contributed by atoms with Crippen molar-refractivity contribution >= 4 is 44.8 Å². The van der Waals surface area contributed by atoms with E-state index in [1.54, 1.807) is 19.2 Å². The number of hydrogen-bond donors (Lipinski definition) is 1. The van der Waals surface area contributed by atoms with Crippen LogP contribution in [-0.4, -0.2) is 52.5 Å². The number of carbonyl (C=O) groups is 1. The molecule has 0 radical (unpaired) electrons. The summed E-state index contributed by atoms with van der Waals surface area (Å²) in [6.45, 7) is 3.75. The molecule has 2 aliphatic carbocycles. The second-order valence-corrected chi connectivity index (χ2v) is 15.4. The van der Waals surface area contributed by atoms with Gasteiger partial charge in [0.15, 0.2) is 0 Å². The van der Waals surface area contributed by atoms with Crippen molar-refractivity contribution in [3.8, 4) is 5.75 Å². The number of allylic oxidation sites excluding steroid dienone is 1. The van der Waals surface area contributed by atoms with Gasteiger partial charge in [-0.2, -0.15) is 0 Å². The van der Waals surface area contributed by atoms with Crippen molar-refractivity contribution < 1.29 is 22.7 Å². The fourth-order valence-electron chi connectivity index (χ4n) is 7.60. The van der Waals surface area contributed by atoms with E-state index in [-0.39, 0.29) is 22.1 Å². The largest absolute Gasteiger partial charge is 0.490 e. The van der Waals surface area contributed by atoms with Crippen LogP contribution in [0.5, 0.6) is 5.75 Å². The molecule has 2 bridgehead atoms. The number of aryl methyl sites for hydroxylation is 1. The summed E-state index contributed by atoms with van der Waals surface area (Å²) in [6, 6.07) is 9.58. The quantitative estimate of drug-likeness (QED) is 0.366. The third kappa shape index (κ3) is 5.92. The van der Waals surface area contributed by atoms with E-state index >= 15 is 0 Å². The topological polar surface area (TPSA) is 84.9 Å². The molecule has 2 aromatic rings. The number of carbonyl (C=O) groups excluding carboxylic acids is 1. The molecule has 1 N–H and O–H groups in total. The van der Waals surface area contributed by atoms with Crippen LogP contribution in [0.25, 0.3) is 0 Å². The molecule has 1 amide bonds. The van der Waals surface area contributed by atoms with Crippen LogP contribution in [0.4, 0.5) is 5.69 Å². The Morgan fingerprint density at radius 3 is 2.74 bits per heavy atom. The maximum Gasteiger partial charge on any atom is 0.266 e. The van der Waals surface area contributed by atoms with E-state index in [1.165, 1.54) is 11.1 Å². The Morgan fingerprint density at radius 2 is 2.00 bits per heavy atom. The lowest BCUT2D eigenvalue weighted by atomic mass is 9.68.